The van der Waals surface area contributed by atoms with Gasteiger partial charge < -0.3 is 20.7 Å². The minimum Gasteiger partial charge on any atom is -0.494 e. The average molecular weight is 341 g/mol. The van der Waals surface area contributed by atoms with E-state index in [0.29, 0.717) is 18.6 Å². The Balaban J connectivity index is 1.28. The largest absolute Gasteiger partial charge is 0.494 e. The predicted molar refractivity (Wildman–Crippen MR) is 98.6 cm³/mol. The lowest BCUT2D eigenvalue weighted by Gasteiger charge is -2.35. The second kappa shape index (κ2) is 6.92. The van der Waals surface area contributed by atoms with Crippen LogP contribution in [0.1, 0.15) is 24.3 Å². The Labute approximate surface area is 147 Å². The normalized spacial score (nSPS) is 22.1. The van der Waals surface area contributed by atoms with Crippen molar-refractivity contribution in [1.82, 2.24) is 4.90 Å². The van der Waals surface area contributed by atoms with Gasteiger partial charge in [0.15, 0.2) is 0 Å². The van der Waals surface area contributed by atoms with Crippen LogP contribution in [0.2, 0.25) is 0 Å². The lowest BCUT2D eigenvalue weighted by Crippen LogP contribution is -2.42. The maximum atomic E-state index is 12.9. The number of piperidine rings is 1. The van der Waals surface area contributed by atoms with E-state index >= 15 is 0 Å². The first kappa shape index (κ1) is 16.2. The zero-order chi connectivity index (χ0) is 17.2. The van der Waals surface area contributed by atoms with Crippen molar-refractivity contribution in [2.75, 3.05) is 37.3 Å². The standard InChI is InChI=1S/C20H24FN3O/c21-14-5-7-15(8-6-14)25-12-2-10-24-11-9-19-17(13-24)16-3-1-4-18(22)20(16)23-19/h1,3-8,17,19,23H,2,9-13,22H2/t17-,19-/m0/s1. The summed E-state index contributed by atoms with van der Waals surface area (Å²) < 4.78 is 18.6. The van der Waals surface area contributed by atoms with Crippen molar-refractivity contribution in [3.05, 3.63) is 53.8 Å². The molecule has 2 aliphatic heterocycles. The molecule has 1 saturated heterocycles. The third kappa shape index (κ3) is 3.42. The van der Waals surface area contributed by atoms with E-state index < -0.39 is 0 Å². The highest BCUT2D eigenvalue weighted by atomic mass is 19.1. The van der Waals surface area contributed by atoms with Crippen molar-refractivity contribution in [3.63, 3.8) is 0 Å². The van der Waals surface area contributed by atoms with Crippen LogP contribution in [0.3, 0.4) is 0 Å². The number of nitrogens with one attached hydrogen (secondary N) is 1. The lowest BCUT2D eigenvalue weighted by atomic mass is 9.89. The summed E-state index contributed by atoms with van der Waals surface area (Å²) in [5.74, 6) is 1.01. The Kier molecular flexibility index (Phi) is 4.49. The Hall–Kier alpha value is -2.27. The molecule has 0 aliphatic carbocycles. The van der Waals surface area contributed by atoms with Crippen molar-refractivity contribution >= 4 is 11.4 Å². The van der Waals surface area contributed by atoms with Crippen LogP contribution in [0.4, 0.5) is 15.8 Å². The first-order chi connectivity index (χ1) is 12.2. The number of nitrogen functional groups attached to an aromatic ring is 1. The molecule has 0 bridgehead atoms. The molecule has 1 fully saturated rings. The minimum atomic E-state index is -0.235. The first-order valence-electron chi connectivity index (χ1n) is 8.96. The van der Waals surface area contributed by atoms with Crippen molar-refractivity contribution in [3.8, 4) is 5.75 Å². The Morgan fingerprint density at radius 3 is 2.88 bits per heavy atom. The van der Waals surface area contributed by atoms with E-state index in [2.05, 4.69) is 16.3 Å². The van der Waals surface area contributed by atoms with Crippen molar-refractivity contribution in [2.45, 2.75) is 24.8 Å². The maximum Gasteiger partial charge on any atom is 0.123 e. The topological polar surface area (TPSA) is 50.5 Å². The number of halogens is 1. The van der Waals surface area contributed by atoms with Crippen LogP contribution in [0.25, 0.3) is 0 Å². The number of ether oxygens (including phenoxy) is 1. The fraction of sp³-hybridized carbons (Fsp3) is 0.400. The molecule has 2 aromatic rings. The molecule has 0 radical (unpaired) electrons. The van der Waals surface area contributed by atoms with E-state index in [-0.39, 0.29) is 5.82 Å². The van der Waals surface area contributed by atoms with Gasteiger partial charge in [-0.2, -0.15) is 0 Å². The van der Waals surface area contributed by atoms with Gasteiger partial charge in [-0.1, -0.05) is 12.1 Å². The first-order valence-corrected chi connectivity index (χ1v) is 8.96. The predicted octanol–water partition coefficient (Wildman–Crippen LogP) is 3.46. The molecular formula is C20H24FN3O. The molecule has 2 aromatic carbocycles. The molecule has 0 saturated carbocycles. The average Bonchev–Trinajstić information content (AvgIpc) is 3.00. The third-order valence-electron chi connectivity index (χ3n) is 5.26. The van der Waals surface area contributed by atoms with E-state index in [9.17, 15) is 4.39 Å². The summed E-state index contributed by atoms with van der Waals surface area (Å²) in [4.78, 5) is 2.51. The molecule has 2 aliphatic rings. The fourth-order valence-electron chi connectivity index (χ4n) is 3.97. The van der Waals surface area contributed by atoms with Gasteiger partial charge in [0.2, 0.25) is 0 Å². The number of likely N-dealkylation sites (tertiary alicyclic amines) is 1. The van der Waals surface area contributed by atoms with Gasteiger partial charge in [-0.15, -0.1) is 0 Å². The molecule has 132 valence electrons. The number of benzene rings is 2. The molecule has 0 spiro atoms. The van der Waals surface area contributed by atoms with Crippen LogP contribution >= 0.6 is 0 Å². The van der Waals surface area contributed by atoms with Gasteiger partial charge in [-0.25, -0.2) is 4.39 Å². The highest BCUT2D eigenvalue weighted by molar-refractivity contribution is 5.74. The van der Waals surface area contributed by atoms with Gasteiger partial charge in [-0.3, -0.25) is 0 Å². The van der Waals surface area contributed by atoms with E-state index in [1.54, 1.807) is 12.1 Å². The molecule has 2 heterocycles. The summed E-state index contributed by atoms with van der Waals surface area (Å²) in [5.41, 5.74) is 9.46. The van der Waals surface area contributed by atoms with Crippen LogP contribution in [0.5, 0.6) is 5.75 Å². The van der Waals surface area contributed by atoms with Crippen molar-refractivity contribution < 1.29 is 9.13 Å². The fourth-order valence-corrected chi connectivity index (χ4v) is 3.97. The number of hydrogen-bond acceptors (Lipinski definition) is 4. The third-order valence-corrected chi connectivity index (χ3v) is 5.26. The number of para-hydroxylation sites is 1. The maximum absolute atomic E-state index is 12.9. The van der Waals surface area contributed by atoms with Crippen LogP contribution in [0, 0.1) is 5.82 Å². The van der Waals surface area contributed by atoms with E-state index in [0.717, 1.165) is 49.6 Å². The van der Waals surface area contributed by atoms with Gasteiger partial charge in [0, 0.05) is 31.6 Å². The SMILES string of the molecule is Nc1cccc2c1N[C@H]1CCN(CCCOc3ccc(F)cc3)C[C@@H]21. The summed E-state index contributed by atoms with van der Waals surface area (Å²) >= 11 is 0. The molecular weight excluding hydrogens is 317 g/mol. The molecule has 5 heteroatoms. The number of fused-ring (bicyclic) bond motifs is 3. The Morgan fingerprint density at radius 2 is 2.04 bits per heavy atom. The van der Waals surface area contributed by atoms with E-state index in [1.165, 1.54) is 17.7 Å². The highest BCUT2D eigenvalue weighted by Gasteiger charge is 2.37. The van der Waals surface area contributed by atoms with Crippen LogP contribution in [0.15, 0.2) is 42.5 Å². The molecule has 0 amide bonds. The smallest absolute Gasteiger partial charge is 0.123 e. The summed E-state index contributed by atoms with van der Waals surface area (Å²) in [6.45, 7) is 3.82. The molecule has 4 rings (SSSR count). The summed E-state index contributed by atoms with van der Waals surface area (Å²) in [6, 6.07) is 12.9. The molecule has 3 N–H and O–H groups in total. The van der Waals surface area contributed by atoms with Gasteiger partial charge in [0.1, 0.15) is 11.6 Å². The molecule has 2 atom stereocenters. The number of nitrogens with two attached hydrogens (primary N) is 1. The molecule has 25 heavy (non-hydrogen) atoms. The van der Waals surface area contributed by atoms with E-state index in [1.807, 2.05) is 12.1 Å². The van der Waals surface area contributed by atoms with Crippen LogP contribution < -0.4 is 15.8 Å². The van der Waals surface area contributed by atoms with Gasteiger partial charge in [0.25, 0.3) is 0 Å². The zero-order valence-corrected chi connectivity index (χ0v) is 14.2. The monoisotopic (exact) mass is 341 g/mol. The van der Waals surface area contributed by atoms with Gasteiger partial charge >= 0.3 is 0 Å². The number of nitrogens with zero attached hydrogens (tertiary/aromatic N) is 1. The summed E-state index contributed by atoms with van der Waals surface area (Å²) in [6.07, 6.45) is 2.10. The van der Waals surface area contributed by atoms with Gasteiger partial charge in [-0.05, 0) is 48.7 Å². The number of anilines is 2. The molecule has 4 nitrogen and oxygen atoms in total. The zero-order valence-electron chi connectivity index (χ0n) is 14.2. The second-order valence-electron chi connectivity index (χ2n) is 6.91. The van der Waals surface area contributed by atoms with E-state index in [4.69, 9.17) is 10.5 Å². The minimum absolute atomic E-state index is 0.235. The highest BCUT2D eigenvalue weighted by Crippen LogP contribution is 2.42. The Morgan fingerprint density at radius 1 is 1.20 bits per heavy atom. The number of hydrogen-bond donors (Lipinski definition) is 2. The summed E-state index contributed by atoms with van der Waals surface area (Å²) in [5, 5.41) is 3.61. The number of rotatable bonds is 5. The summed E-state index contributed by atoms with van der Waals surface area (Å²) in [7, 11) is 0. The second-order valence-corrected chi connectivity index (χ2v) is 6.91. The van der Waals surface area contributed by atoms with Crippen LogP contribution in [-0.2, 0) is 0 Å². The quantitative estimate of drug-likeness (QED) is 0.646. The van der Waals surface area contributed by atoms with Gasteiger partial charge in [0.05, 0.1) is 18.0 Å². The molecule has 0 unspecified atom stereocenters. The van der Waals surface area contributed by atoms with Crippen molar-refractivity contribution in [2.24, 2.45) is 0 Å². The Bertz CT molecular complexity index is 734. The van der Waals surface area contributed by atoms with Crippen molar-refractivity contribution in [1.29, 1.82) is 0 Å². The van der Waals surface area contributed by atoms with Crippen LogP contribution in [-0.4, -0.2) is 37.2 Å². The molecule has 0 aromatic heterocycles. The lowest BCUT2D eigenvalue weighted by molar-refractivity contribution is 0.185.